The summed E-state index contributed by atoms with van der Waals surface area (Å²) in [4.78, 5) is 3.26. The molecule has 10 unspecified atom stereocenters. The average molecular weight is 736 g/mol. The number of H-pyrrole nitrogens is 1. The Labute approximate surface area is 319 Å². The third kappa shape index (κ3) is 10.2. The van der Waals surface area contributed by atoms with E-state index >= 15 is 0 Å². The zero-order chi connectivity index (χ0) is 38.0. The van der Waals surface area contributed by atoms with E-state index in [0.29, 0.717) is 44.0 Å². The molecule has 0 saturated heterocycles. The van der Waals surface area contributed by atoms with Crippen LogP contribution >= 0.6 is 0 Å². The van der Waals surface area contributed by atoms with E-state index < -0.39 is 36.9 Å². The summed E-state index contributed by atoms with van der Waals surface area (Å²) >= 11 is 0. The Kier molecular flexibility index (Phi) is 13.6. The van der Waals surface area contributed by atoms with Crippen LogP contribution in [0.1, 0.15) is 68.2 Å². The molecule has 6 rings (SSSR count). The van der Waals surface area contributed by atoms with Gasteiger partial charge in [0.25, 0.3) is 0 Å². The number of aromatic nitrogens is 1. The van der Waals surface area contributed by atoms with Crippen LogP contribution in [-0.4, -0.2) is 68.1 Å². The highest BCUT2D eigenvalue weighted by atomic mass is 16.5. The standard InChI is InChI=1S/C45H57N3O6/c1-29(22-30-8-3-2-4-9-30)31-10-5-6-12-39(51)45-32(14-13-31)15-16-33(24-40(45)52)34-17-18-38(50)42(25-34)54-43(41(53)28-49)26-36(23-37-11-7-20-47-37)35-19-21-48-44(46)27-35/h2-4,7-9,11,15-20,25,27,29,31-33,36,39-41,43,45,47-53H,5-6,10,12,21-24,26,28,46H2,1H3. The molecule has 9 N–H and O–H groups in total. The minimum atomic E-state index is -1.22. The van der Waals surface area contributed by atoms with Crippen molar-refractivity contribution in [3.05, 3.63) is 119 Å². The molecule has 2 aromatic carbocycles. The Bertz CT molecular complexity index is 1790. The maximum atomic E-state index is 11.7. The van der Waals surface area contributed by atoms with Crippen LogP contribution < -0.4 is 15.8 Å². The van der Waals surface area contributed by atoms with Crippen molar-refractivity contribution in [1.29, 1.82) is 0 Å². The van der Waals surface area contributed by atoms with Crippen molar-refractivity contribution in [3.8, 4) is 23.3 Å². The molecule has 0 amide bonds. The van der Waals surface area contributed by atoms with Crippen LogP contribution in [0.5, 0.6) is 11.5 Å². The molecule has 288 valence electrons. The predicted molar refractivity (Wildman–Crippen MR) is 211 cm³/mol. The van der Waals surface area contributed by atoms with Gasteiger partial charge in [0, 0.05) is 42.1 Å². The van der Waals surface area contributed by atoms with Gasteiger partial charge in [0.2, 0.25) is 0 Å². The van der Waals surface area contributed by atoms with Crippen LogP contribution in [0, 0.1) is 41.4 Å². The third-order valence-corrected chi connectivity index (χ3v) is 11.5. The Balaban J connectivity index is 1.23. The van der Waals surface area contributed by atoms with Gasteiger partial charge in [-0.1, -0.05) is 86.2 Å². The molecule has 0 radical (unpaired) electrons. The van der Waals surface area contributed by atoms with E-state index in [4.69, 9.17) is 10.5 Å². The molecule has 3 aliphatic rings. The van der Waals surface area contributed by atoms with Crippen molar-refractivity contribution in [2.45, 2.75) is 88.6 Å². The lowest BCUT2D eigenvalue weighted by molar-refractivity contribution is -0.0105. The zero-order valence-corrected chi connectivity index (χ0v) is 31.2. The number of hydrogen-bond acceptors (Lipinski definition) is 8. The summed E-state index contributed by atoms with van der Waals surface area (Å²) in [6.07, 6.45) is 12.1. The summed E-state index contributed by atoms with van der Waals surface area (Å²) in [5.74, 6) is 7.25. The quantitative estimate of drug-likeness (QED) is 0.0847. The topological polar surface area (TPSA) is 164 Å². The number of benzene rings is 2. The van der Waals surface area contributed by atoms with Gasteiger partial charge in [-0.2, -0.15) is 0 Å². The molecule has 0 bridgehead atoms. The molecule has 10 atom stereocenters. The molecule has 0 spiro atoms. The molecule has 0 saturated carbocycles. The monoisotopic (exact) mass is 735 g/mol. The molecule has 2 aliphatic carbocycles. The van der Waals surface area contributed by atoms with Crippen molar-refractivity contribution in [1.82, 2.24) is 10.3 Å². The second kappa shape index (κ2) is 18.7. The summed E-state index contributed by atoms with van der Waals surface area (Å²) in [6, 6.07) is 19.6. The van der Waals surface area contributed by atoms with Gasteiger partial charge in [-0.05, 0) is 97.4 Å². The lowest BCUT2D eigenvalue weighted by Gasteiger charge is -2.31. The summed E-state index contributed by atoms with van der Waals surface area (Å²) in [5.41, 5.74) is 10.3. The van der Waals surface area contributed by atoms with E-state index in [1.165, 1.54) is 5.56 Å². The number of dihydropyridines is 1. The van der Waals surface area contributed by atoms with Gasteiger partial charge in [0.15, 0.2) is 11.5 Å². The first-order valence-corrected chi connectivity index (χ1v) is 19.6. The number of aliphatic hydroxyl groups excluding tert-OH is 4. The summed E-state index contributed by atoms with van der Waals surface area (Å²) in [6.45, 7) is 2.33. The molecular formula is C45H57N3O6. The number of hydrogen-bond donors (Lipinski definition) is 8. The normalized spacial score (nSPS) is 26.6. The van der Waals surface area contributed by atoms with Crippen molar-refractivity contribution in [3.63, 3.8) is 0 Å². The van der Waals surface area contributed by atoms with Gasteiger partial charge in [0.05, 0.1) is 24.6 Å². The Morgan fingerprint density at radius 1 is 0.963 bits per heavy atom. The molecule has 3 aromatic rings. The predicted octanol–water partition coefficient (Wildman–Crippen LogP) is 5.47. The number of phenolic OH excluding ortho intramolecular Hbond substituents is 1. The van der Waals surface area contributed by atoms with E-state index in [1.807, 2.05) is 42.6 Å². The number of ether oxygens (including phenoxy) is 1. The number of aromatic amines is 1. The second-order valence-electron chi connectivity index (χ2n) is 15.5. The van der Waals surface area contributed by atoms with Crippen LogP contribution in [0.15, 0.2) is 103 Å². The smallest absolute Gasteiger partial charge is 0.161 e. The van der Waals surface area contributed by atoms with Gasteiger partial charge in [-0.25, -0.2) is 0 Å². The fourth-order valence-corrected chi connectivity index (χ4v) is 8.40. The van der Waals surface area contributed by atoms with Crippen molar-refractivity contribution < 1.29 is 30.3 Å². The summed E-state index contributed by atoms with van der Waals surface area (Å²) < 4.78 is 6.39. The van der Waals surface area contributed by atoms with Gasteiger partial charge in [-0.15, -0.1) is 0 Å². The van der Waals surface area contributed by atoms with Gasteiger partial charge < -0.3 is 46.3 Å². The number of phenols is 1. The zero-order valence-electron chi connectivity index (χ0n) is 31.2. The van der Waals surface area contributed by atoms with Gasteiger partial charge >= 0.3 is 0 Å². The Morgan fingerprint density at radius 3 is 2.54 bits per heavy atom. The third-order valence-electron chi connectivity index (χ3n) is 11.5. The van der Waals surface area contributed by atoms with Crippen molar-refractivity contribution in [2.75, 3.05) is 13.2 Å². The average Bonchev–Trinajstić information content (AvgIpc) is 3.63. The number of aromatic hydroxyl groups is 1. The van der Waals surface area contributed by atoms with Crippen LogP contribution in [0.4, 0.5) is 0 Å². The summed E-state index contributed by atoms with van der Waals surface area (Å²) in [5, 5.41) is 58.3. The highest BCUT2D eigenvalue weighted by molar-refractivity contribution is 5.44. The molecule has 9 nitrogen and oxygen atoms in total. The largest absolute Gasteiger partial charge is 0.504 e. The van der Waals surface area contributed by atoms with Crippen molar-refractivity contribution >= 4 is 0 Å². The number of rotatable bonds is 13. The number of fused-ring (bicyclic) bond motifs is 1. The van der Waals surface area contributed by atoms with Crippen molar-refractivity contribution in [2.24, 2.45) is 35.3 Å². The fourth-order valence-electron chi connectivity index (χ4n) is 8.40. The van der Waals surface area contributed by atoms with E-state index in [-0.39, 0.29) is 35.2 Å². The van der Waals surface area contributed by atoms with E-state index in [1.54, 1.807) is 12.1 Å². The second-order valence-corrected chi connectivity index (χ2v) is 15.5. The van der Waals surface area contributed by atoms with Gasteiger partial charge in [-0.3, -0.25) is 0 Å². The molecular weight excluding hydrogens is 679 g/mol. The van der Waals surface area contributed by atoms with Crippen LogP contribution in [0.2, 0.25) is 0 Å². The highest BCUT2D eigenvalue weighted by Crippen LogP contribution is 2.40. The van der Waals surface area contributed by atoms with Crippen LogP contribution in [0.3, 0.4) is 0 Å². The maximum absolute atomic E-state index is 11.7. The lowest BCUT2D eigenvalue weighted by Crippen LogP contribution is -2.37. The SMILES string of the molecule is CC(Cc1ccccc1)C1C#CC2C=CC(c3ccc(O)c(OC(CC(Cc4ccc[nH]4)C4=CCNC(N)=C4)C(O)CO)c3)CC(O)C2C(O)CCCC1. The minimum absolute atomic E-state index is 0.0933. The summed E-state index contributed by atoms with van der Waals surface area (Å²) in [7, 11) is 0. The molecule has 9 heteroatoms. The lowest BCUT2D eigenvalue weighted by atomic mass is 9.78. The minimum Gasteiger partial charge on any atom is -0.504 e. The molecule has 1 aliphatic heterocycles. The van der Waals surface area contributed by atoms with Crippen LogP contribution in [0.25, 0.3) is 0 Å². The number of nitrogens with two attached hydrogens (primary N) is 1. The highest BCUT2D eigenvalue weighted by Gasteiger charge is 2.37. The first kappa shape index (κ1) is 39.2. The molecule has 54 heavy (non-hydrogen) atoms. The number of nitrogens with one attached hydrogen (secondary N) is 2. The first-order valence-electron chi connectivity index (χ1n) is 19.6. The van der Waals surface area contributed by atoms with Gasteiger partial charge in [0.1, 0.15) is 12.2 Å². The fraction of sp³-hybridized carbons (Fsp3) is 0.467. The first-order chi connectivity index (χ1) is 26.2. The maximum Gasteiger partial charge on any atom is 0.161 e. The Morgan fingerprint density at radius 2 is 1.78 bits per heavy atom. The molecule has 0 fully saturated rings. The van der Waals surface area contributed by atoms with E-state index in [0.717, 1.165) is 42.5 Å². The molecule has 2 heterocycles. The number of allylic oxidation sites excluding steroid dienone is 4. The molecule has 1 aromatic heterocycles. The van der Waals surface area contributed by atoms with E-state index in [9.17, 15) is 25.5 Å². The Hall–Kier alpha value is -4.46. The van der Waals surface area contributed by atoms with E-state index in [2.05, 4.69) is 65.5 Å². The van der Waals surface area contributed by atoms with Crippen LogP contribution in [-0.2, 0) is 12.8 Å². The number of aliphatic hydroxyl groups is 4.